The molecule has 0 saturated carbocycles. The van der Waals surface area contributed by atoms with Crippen LogP contribution in [-0.4, -0.2) is 11.3 Å². The number of alkyl halides is 3. The Balaban J connectivity index is 2.31. The molecule has 2 aromatic rings. The highest BCUT2D eigenvalue weighted by Crippen LogP contribution is 2.27. The van der Waals surface area contributed by atoms with Crippen LogP contribution in [0.15, 0.2) is 42.5 Å². The van der Waals surface area contributed by atoms with Gasteiger partial charge in [-0.05, 0) is 17.7 Å². The third kappa shape index (κ3) is 3.19. The first-order chi connectivity index (χ1) is 9.00. The second-order valence-electron chi connectivity index (χ2n) is 4.01. The molecular formula is C14H10F3NO. The smallest absolute Gasteiger partial charge is 0.298 e. The molecule has 0 amide bonds. The summed E-state index contributed by atoms with van der Waals surface area (Å²) in [5, 5.41) is 0. The highest BCUT2D eigenvalue weighted by atomic mass is 19.4. The Kier molecular flexibility index (Phi) is 3.64. The largest absolute Gasteiger partial charge is 0.433 e. The normalized spacial score (nSPS) is 11.3. The van der Waals surface area contributed by atoms with E-state index in [1.54, 1.807) is 24.3 Å². The summed E-state index contributed by atoms with van der Waals surface area (Å²) in [7, 11) is 0. The molecule has 0 aliphatic carbocycles. The predicted molar refractivity (Wildman–Crippen MR) is 63.9 cm³/mol. The van der Waals surface area contributed by atoms with Gasteiger partial charge in [0, 0.05) is 17.7 Å². The number of hydrogen-bond acceptors (Lipinski definition) is 2. The minimum Gasteiger partial charge on any atom is -0.298 e. The molecule has 0 bridgehead atoms. The first-order valence-corrected chi connectivity index (χ1v) is 5.57. The topological polar surface area (TPSA) is 30.0 Å². The van der Waals surface area contributed by atoms with E-state index in [1.165, 1.54) is 12.1 Å². The third-order valence-corrected chi connectivity index (χ3v) is 2.65. The molecule has 1 aromatic carbocycles. The Labute approximate surface area is 107 Å². The minimum absolute atomic E-state index is 0.193. The second-order valence-corrected chi connectivity index (χ2v) is 4.01. The maximum absolute atomic E-state index is 12.5. The number of carbonyl (C=O) groups excluding carboxylic acids is 1. The van der Waals surface area contributed by atoms with Crippen LogP contribution in [0.1, 0.15) is 27.3 Å². The molecule has 1 aromatic heterocycles. The van der Waals surface area contributed by atoms with Gasteiger partial charge in [0.15, 0.2) is 0 Å². The number of pyridine rings is 1. The molecule has 0 aliphatic heterocycles. The van der Waals surface area contributed by atoms with Gasteiger partial charge in [0.1, 0.15) is 12.0 Å². The summed E-state index contributed by atoms with van der Waals surface area (Å²) in [5.74, 6) is 0. The fourth-order valence-corrected chi connectivity index (χ4v) is 1.74. The maximum Gasteiger partial charge on any atom is 0.433 e. The van der Waals surface area contributed by atoms with E-state index in [0.717, 1.165) is 6.07 Å². The Bertz CT molecular complexity index is 593. The third-order valence-electron chi connectivity index (χ3n) is 2.65. The number of carbonyl (C=O) groups is 1. The van der Waals surface area contributed by atoms with Crippen molar-refractivity contribution < 1.29 is 18.0 Å². The lowest BCUT2D eigenvalue weighted by Crippen LogP contribution is -2.09. The van der Waals surface area contributed by atoms with Crippen molar-refractivity contribution in [2.24, 2.45) is 0 Å². The SMILES string of the molecule is O=Cc1ccccc1Cc1cccc(C(F)(F)F)n1. The van der Waals surface area contributed by atoms with Gasteiger partial charge in [0.2, 0.25) is 0 Å². The van der Waals surface area contributed by atoms with Gasteiger partial charge in [-0.3, -0.25) is 4.79 Å². The van der Waals surface area contributed by atoms with Crippen molar-refractivity contribution in [3.8, 4) is 0 Å². The van der Waals surface area contributed by atoms with E-state index >= 15 is 0 Å². The molecule has 5 heteroatoms. The van der Waals surface area contributed by atoms with Crippen LogP contribution < -0.4 is 0 Å². The fourth-order valence-electron chi connectivity index (χ4n) is 1.74. The molecule has 0 radical (unpaired) electrons. The van der Waals surface area contributed by atoms with Crippen molar-refractivity contribution in [3.05, 3.63) is 65.0 Å². The van der Waals surface area contributed by atoms with E-state index in [2.05, 4.69) is 4.98 Å². The van der Waals surface area contributed by atoms with Crippen molar-refractivity contribution in [1.29, 1.82) is 0 Å². The van der Waals surface area contributed by atoms with Crippen LogP contribution in [-0.2, 0) is 12.6 Å². The van der Waals surface area contributed by atoms with Gasteiger partial charge in [-0.1, -0.05) is 30.3 Å². The van der Waals surface area contributed by atoms with E-state index in [-0.39, 0.29) is 12.1 Å². The van der Waals surface area contributed by atoms with E-state index < -0.39 is 11.9 Å². The molecule has 0 fully saturated rings. The molecule has 19 heavy (non-hydrogen) atoms. The molecule has 0 aliphatic rings. The van der Waals surface area contributed by atoms with Crippen molar-refractivity contribution in [2.75, 3.05) is 0 Å². The molecule has 98 valence electrons. The van der Waals surface area contributed by atoms with E-state index in [0.29, 0.717) is 17.4 Å². The number of aromatic nitrogens is 1. The number of rotatable bonds is 3. The van der Waals surface area contributed by atoms with Gasteiger partial charge in [-0.2, -0.15) is 13.2 Å². The second kappa shape index (κ2) is 5.22. The zero-order valence-electron chi connectivity index (χ0n) is 9.82. The molecular weight excluding hydrogens is 255 g/mol. The first kappa shape index (κ1) is 13.3. The van der Waals surface area contributed by atoms with Crippen LogP contribution in [0.4, 0.5) is 13.2 Å². The summed E-state index contributed by atoms with van der Waals surface area (Å²) in [5.41, 5.74) is 0.476. The van der Waals surface area contributed by atoms with Crippen molar-refractivity contribution in [2.45, 2.75) is 12.6 Å². The lowest BCUT2D eigenvalue weighted by Gasteiger charge is -2.08. The fraction of sp³-hybridized carbons (Fsp3) is 0.143. The lowest BCUT2D eigenvalue weighted by atomic mass is 10.0. The van der Waals surface area contributed by atoms with E-state index in [1.807, 2.05) is 0 Å². The molecule has 1 heterocycles. The summed E-state index contributed by atoms with van der Waals surface area (Å²) in [6.45, 7) is 0. The van der Waals surface area contributed by atoms with Crippen LogP contribution in [0, 0.1) is 0 Å². The summed E-state index contributed by atoms with van der Waals surface area (Å²) in [4.78, 5) is 14.4. The number of benzene rings is 1. The highest BCUT2D eigenvalue weighted by molar-refractivity contribution is 5.77. The Hall–Kier alpha value is -2.17. The number of hydrogen-bond donors (Lipinski definition) is 0. The molecule has 0 unspecified atom stereocenters. The van der Waals surface area contributed by atoms with Gasteiger partial charge in [-0.15, -0.1) is 0 Å². The average molecular weight is 265 g/mol. The van der Waals surface area contributed by atoms with E-state index in [4.69, 9.17) is 0 Å². The number of nitrogens with zero attached hydrogens (tertiary/aromatic N) is 1. The van der Waals surface area contributed by atoms with Crippen LogP contribution >= 0.6 is 0 Å². The van der Waals surface area contributed by atoms with Crippen molar-refractivity contribution in [1.82, 2.24) is 4.98 Å². The maximum atomic E-state index is 12.5. The summed E-state index contributed by atoms with van der Waals surface area (Å²) in [6, 6.07) is 10.5. The Morgan fingerprint density at radius 3 is 2.47 bits per heavy atom. The molecule has 0 saturated heterocycles. The molecule has 0 spiro atoms. The quantitative estimate of drug-likeness (QED) is 0.795. The minimum atomic E-state index is -4.46. The van der Waals surface area contributed by atoms with Gasteiger partial charge in [-0.25, -0.2) is 4.98 Å². The summed E-state index contributed by atoms with van der Waals surface area (Å²) in [6.07, 6.45) is -3.58. The van der Waals surface area contributed by atoms with E-state index in [9.17, 15) is 18.0 Å². The average Bonchev–Trinajstić information content (AvgIpc) is 2.39. The number of halogens is 3. The van der Waals surface area contributed by atoms with Crippen LogP contribution in [0.2, 0.25) is 0 Å². The van der Waals surface area contributed by atoms with Crippen molar-refractivity contribution >= 4 is 6.29 Å². The van der Waals surface area contributed by atoms with Gasteiger partial charge in [0.25, 0.3) is 0 Å². The number of aldehydes is 1. The zero-order valence-corrected chi connectivity index (χ0v) is 9.82. The van der Waals surface area contributed by atoms with Crippen LogP contribution in [0.5, 0.6) is 0 Å². The predicted octanol–water partition coefficient (Wildman–Crippen LogP) is 3.50. The van der Waals surface area contributed by atoms with Crippen LogP contribution in [0.25, 0.3) is 0 Å². The first-order valence-electron chi connectivity index (χ1n) is 5.57. The molecule has 0 atom stereocenters. The van der Waals surface area contributed by atoms with Gasteiger partial charge in [0.05, 0.1) is 0 Å². The lowest BCUT2D eigenvalue weighted by molar-refractivity contribution is -0.141. The molecule has 0 N–H and O–H groups in total. The summed E-state index contributed by atoms with van der Waals surface area (Å²) >= 11 is 0. The Morgan fingerprint density at radius 1 is 1.05 bits per heavy atom. The molecule has 2 rings (SSSR count). The Morgan fingerprint density at radius 2 is 1.79 bits per heavy atom. The standard InChI is InChI=1S/C14H10F3NO/c15-14(16,17)13-7-3-6-12(18-13)8-10-4-1-2-5-11(10)9-19/h1-7,9H,8H2. The highest BCUT2D eigenvalue weighted by Gasteiger charge is 2.32. The van der Waals surface area contributed by atoms with Crippen LogP contribution in [0.3, 0.4) is 0 Å². The monoisotopic (exact) mass is 265 g/mol. The summed E-state index contributed by atoms with van der Waals surface area (Å²) < 4.78 is 37.6. The van der Waals surface area contributed by atoms with Gasteiger partial charge >= 0.3 is 6.18 Å². The molecule has 2 nitrogen and oxygen atoms in total. The van der Waals surface area contributed by atoms with Crippen molar-refractivity contribution in [3.63, 3.8) is 0 Å². The van der Waals surface area contributed by atoms with Gasteiger partial charge < -0.3 is 0 Å². The zero-order chi connectivity index (χ0) is 13.9.